The first-order chi connectivity index (χ1) is 9.81. The minimum Gasteiger partial charge on any atom is -0.479 e. The first-order valence-corrected chi connectivity index (χ1v) is 7.23. The number of carbonyl (C=O) groups excluding carboxylic acids is 1. The fourth-order valence-electron chi connectivity index (χ4n) is 2.14. The van der Waals surface area contributed by atoms with Crippen molar-refractivity contribution in [2.45, 2.75) is 39.3 Å². The van der Waals surface area contributed by atoms with E-state index in [9.17, 15) is 14.7 Å². The van der Waals surface area contributed by atoms with Gasteiger partial charge in [0.05, 0.1) is 0 Å². The number of urea groups is 1. The first-order valence-electron chi connectivity index (χ1n) is 6.85. The van der Waals surface area contributed by atoms with Crippen LogP contribution in [0.2, 0.25) is 5.02 Å². The van der Waals surface area contributed by atoms with E-state index in [1.165, 1.54) is 0 Å². The molecule has 116 valence electrons. The highest BCUT2D eigenvalue weighted by Gasteiger charge is 2.24. The Labute approximate surface area is 129 Å². The van der Waals surface area contributed by atoms with Crippen LogP contribution in [0.15, 0.2) is 24.3 Å². The lowest BCUT2D eigenvalue weighted by molar-refractivity contribution is -0.139. The molecule has 3 N–H and O–H groups in total. The fraction of sp³-hybridized carbons (Fsp3) is 0.467. The summed E-state index contributed by atoms with van der Waals surface area (Å²) in [5.74, 6) is -0.714. The monoisotopic (exact) mass is 312 g/mol. The molecule has 0 aliphatic carbocycles. The summed E-state index contributed by atoms with van der Waals surface area (Å²) in [4.78, 5) is 23.3. The number of rotatable bonds is 6. The SMILES string of the molecule is CC(C)CC(C)NC(=O)N[C@@H](C(=O)O)c1ccccc1Cl. The Balaban J connectivity index is 2.74. The molecule has 0 saturated carbocycles. The maximum absolute atomic E-state index is 11.9. The Hall–Kier alpha value is -1.75. The van der Waals surface area contributed by atoms with Crippen LogP contribution >= 0.6 is 11.6 Å². The van der Waals surface area contributed by atoms with Crippen molar-refractivity contribution in [3.05, 3.63) is 34.9 Å². The number of aliphatic carboxylic acids is 1. The Kier molecular flexibility index (Phi) is 6.49. The van der Waals surface area contributed by atoms with Gasteiger partial charge in [0.15, 0.2) is 6.04 Å². The molecular weight excluding hydrogens is 292 g/mol. The number of hydrogen-bond donors (Lipinski definition) is 3. The molecule has 2 amide bonds. The number of hydrogen-bond acceptors (Lipinski definition) is 2. The lowest BCUT2D eigenvalue weighted by Gasteiger charge is -2.20. The number of benzene rings is 1. The third-order valence-electron chi connectivity index (χ3n) is 2.94. The Morgan fingerprint density at radius 3 is 2.33 bits per heavy atom. The summed E-state index contributed by atoms with van der Waals surface area (Å²) >= 11 is 5.99. The molecule has 0 radical (unpaired) electrons. The lowest BCUT2D eigenvalue weighted by Crippen LogP contribution is -2.44. The van der Waals surface area contributed by atoms with Gasteiger partial charge in [-0.15, -0.1) is 0 Å². The Morgan fingerprint density at radius 2 is 1.81 bits per heavy atom. The highest BCUT2D eigenvalue weighted by Crippen LogP contribution is 2.22. The van der Waals surface area contributed by atoms with Gasteiger partial charge in [-0.05, 0) is 25.3 Å². The summed E-state index contributed by atoms with van der Waals surface area (Å²) in [6, 6.07) is 4.83. The van der Waals surface area contributed by atoms with Crippen molar-refractivity contribution in [3.63, 3.8) is 0 Å². The van der Waals surface area contributed by atoms with E-state index in [-0.39, 0.29) is 6.04 Å². The molecule has 0 fully saturated rings. The molecule has 0 aliphatic heterocycles. The largest absolute Gasteiger partial charge is 0.479 e. The molecule has 0 aliphatic rings. The zero-order chi connectivity index (χ0) is 16.0. The van der Waals surface area contributed by atoms with Gasteiger partial charge >= 0.3 is 12.0 Å². The van der Waals surface area contributed by atoms with E-state index < -0.39 is 18.0 Å². The van der Waals surface area contributed by atoms with Gasteiger partial charge in [-0.3, -0.25) is 0 Å². The van der Waals surface area contributed by atoms with E-state index in [0.29, 0.717) is 16.5 Å². The van der Waals surface area contributed by atoms with Crippen LogP contribution in [0.1, 0.15) is 38.8 Å². The number of nitrogens with one attached hydrogen (secondary N) is 2. The van der Waals surface area contributed by atoms with Gasteiger partial charge in [0.1, 0.15) is 0 Å². The normalized spacial score (nSPS) is 13.6. The van der Waals surface area contributed by atoms with Crippen LogP contribution in [-0.4, -0.2) is 23.1 Å². The van der Waals surface area contributed by atoms with Gasteiger partial charge in [-0.1, -0.05) is 43.6 Å². The zero-order valence-corrected chi connectivity index (χ0v) is 13.1. The van der Waals surface area contributed by atoms with Crippen LogP contribution in [-0.2, 0) is 4.79 Å². The molecule has 6 heteroatoms. The summed E-state index contributed by atoms with van der Waals surface area (Å²) in [5, 5.41) is 14.8. The van der Waals surface area contributed by atoms with Crippen LogP contribution in [0.3, 0.4) is 0 Å². The molecule has 0 bridgehead atoms. The Bertz CT molecular complexity index is 505. The maximum Gasteiger partial charge on any atom is 0.331 e. The van der Waals surface area contributed by atoms with Crippen molar-refractivity contribution in [1.29, 1.82) is 0 Å². The zero-order valence-electron chi connectivity index (χ0n) is 12.4. The van der Waals surface area contributed by atoms with E-state index in [4.69, 9.17) is 11.6 Å². The van der Waals surface area contributed by atoms with E-state index in [1.807, 2.05) is 6.92 Å². The van der Waals surface area contributed by atoms with Crippen molar-refractivity contribution in [1.82, 2.24) is 10.6 Å². The number of halogens is 1. The molecule has 0 saturated heterocycles. The molecule has 1 aromatic rings. The molecule has 2 atom stereocenters. The minimum absolute atomic E-state index is 0.0364. The second-order valence-electron chi connectivity index (χ2n) is 5.44. The summed E-state index contributed by atoms with van der Waals surface area (Å²) in [7, 11) is 0. The van der Waals surface area contributed by atoms with Crippen molar-refractivity contribution in [3.8, 4) is 0 Å². The van der Waals surface area contributed by atoms with Crippen molar-refractivity contribution >= 4 is 23.6 Å². The van der Waals surface area contributed by atoms with Crippen LogP contribution in [0, 0.1) is 5.92 Å². The minimum atomic E-state index is -1.18. The first kappa shape index (κ1) is 17.3. The van der Waals surface area contributed by atoms with E-state index in [0.717, 1.165) is 6.42 Å². The highest BCUT2D eigenvalue weighted by atomic mass is 35.5. The average molecular weight is 313 g/mol. The molecule has 1 unspecified atom stereocenters. The number of amides is 2. The molecule has 5 nitrogen and oxygen atoms in total. The van der Waals surface area contributed by atoms with E-state index >= 15 is 0 Å². The van der Waals surface area contributed by atoms with E-state index in [1.54, 1.807) is 24.3 Å². The molecule has 0 heterocycles. The summed E-state index contributed by atoms with van der Waals surface area (Å²) in [6.45, 7) is 5.99. The predicted molar refractivity (Wildman–Crippen MR) is 82.4 cm³/mol. The second kappa shape index (κ2) is 7.88. The van der Waals surface area contributed by atoms with Gasteiger partial charge in [-0.25, -0.2) is 9.59 Å². The second-order valence-corrected chi connectivity index (χ2v) is 5.85. The van der Waals surface area contributed by atoms with Gasteiger partial charge in [-0.2, -0.15) is 0 Å². The van der Waals surface area contributed by atoms with Crippen molar-refractivity contribution < 1.29 is 14.7 Å². The van der Waals surface area contributed by atoms with Crippen LogP contribution < -0.4 is 10.6 Å². The van der Waals surface area contributed by atoms with Gasteiger partial charge in [0.2, 0.25) is 0 Å². The average Bonchev–Trinajstić information content (AvgIpc) is 2.35. The Morgan fingerprint density at radius 1 is 1.19 bits per heavy atom. The van der Waals surface area contributed by atoms with Crippen molar-refractivity contribution in [2.24, 2.45) is 5.92 Å². The number of carbonyl (C=O) groups is 2. The topological polar surface area (TPSA) is 78.4 Å². The lowest BCUT2D eigenvalue weighted by atomic mass is 10.1. The van der Waals surface area contributed by atoms with E-state index in [2.05, 4.69) is 24.5 Å². The molecule has 21 heavy (non-hydrogen) atoms. The third-order valence-corrected chi connectivity index (χ3v) is 3.29. The summed E-state index contributed by atoms with van der Waals surface area (Å²) < 4.78 is 0. The third kappa shape index (κ3) is 5.63. The maximum atomic E-state index is 11.9. The van der Waals surface area contributed by atoms with Gasteiger partial charge in [0, 0.05) is 16.6 Å². The summed E-state index contributed by atoms with van der Waals surface area (Å²) in [6.07, 6.45) is 0.817. The smallest absolute Gasteiger partial charge is 0.331 e. The van der Waals surface area contributed by atoms with Gasteiger partial charge in [0.25, 0.3) is 0 Å². The van der Waals surface area contributed by atoms with Crippen LogP contribution in [0.25, 0.3) is 0 Å². The standard InChI is InChI=1S/C15H21ClN2O3/c1-9(2)8-10(3)17-15(21)18-13(14(19)20)11-6-4-5-7-12(11)16/h4-7,9-10,13H,8H2,1-3H3,(H,19,20)(H2,17,18,21)/t10?,13-/m1/s1. The molecular formula is C15H21ClN2O3. The van der Waals surface area contributed by atoms with Crippen molar-refractivity contribution in [2.75, 3.05) is 0 Å². The highest BCUT2D eigenvalue weighted by molar-refractivity contribution is 6.31. The molecule has 1 aromatic carbocycles. The predicted octanol–water partition coefficient (Wildman–Crippen LogP) is 3.20. The van der Waals surface area contributed by atoms with Crippen LogP contribution in [0.4, 0.5) is 4.79 Å². The summed E-state index contributed by atoms with van der Waals surface area (Å²) in [5.41, 5.74) is 0.360. The quantitative estimate of drug-likeness (QED) is 0.754. The number of carboxylic acid groups (broad SMARTS) is 1. The van der Waals surface area contributed by atoms with Gasteiger partial charge < -0.3 is 15.7 Å². The molecule has 0 spiro atoms. The molecule has 0 aromatic heterocycles. The molecule has 1 rings (SSSR count). The number of carboxylic acids is 1. The fourth-order valence-corrected chi connectivity index (χ4v) is 2.39. The van der Waals surface area contributed by atoms with Crippen LogP contribution in [0.5, 0.6) is 0 Å².